The van der Waals surface area contributed by atoms with Crippen molar-refractivity contribution < 1.29 is 23.2 Å². The molecule has 5 nitrogen and oxygen atoms in total. The molecule has 0 aliphatic rings. The molecule has 1 aromatic rings. The lowest BCUT2D eigenvalue weighted by Gasteiger charge is -2.26. The predicted molar refractivity (Wildman–Crippen MR) is 73.3 cm³/mol. The van der Waals surface area contributed by atoms with E-state index in [4.69, 9.17) is 13.6 Å². The van der Waals surface area contributed by atoms with Crippen LogP contribution in [0.25, 0.3) is 0 Å². The molecule has 0 aromatic heterocycles. The van der Waals surface area contributed by atoms with Crippen LogP contribution in [0.2, 0.25) is 0 Å². The second-order valence-electron chi connectivity index (χ2n) is 4.80. The van der Waals surface area contributed by atoms with Gasteiger partial charge in [0.2, 0.25) is 0 Å². The molecule has 0 unspecified atom stereocenters. The Hall–Kier alpha value is -0.870. The Morgan fingerprint density at radius 3 is 2.32 bits per heavy atom. The fourth-order valence-electron chi connectivity index (χ4n) is 1.77. The molecule has 108 valence electrons. The van der Waals surface area contributed by atoms with Crippen LogP contribution < -0.4 is 0 Å². The maximum absolute atomic E-state index is 11.7. The molecule has 1 rings (SSSR count). The Kier molecular flexibility index (Phi) is 5.56. The number of phenolic OH excluding ortho intramolecular Hbond substituents is 1. The van der Waals surface area contributed by atoms with Gasteiger partial charge in [0.25, 0.3) is 0 Å². The quantitative estimate of drug-likeness (QED) is 0.778. The first-order chi connectivity index (χ1) is 8.84. The predicted octanol–water partition coefficient (Wildman–Crippen LogP) is 3.48. The van der Waals surface area contributed by atoms with Crippen LogP contribution in [0.3, 0.4) is 0 Å². The zero-order valence-corrected chi connectivity index (χ0v) is 12.6. The van der Waals surface area contributed by atoms with E-state index < -0.39 is 7.82 Å². The third-order valence-corrected chi connectivity index (χ3v) is 4.45. The van der Waals surface area contributed by atoms with Crippen molar-refractivity contribution in [2.45, 2.75) is 25.7 Å². The lowest BCUT2D eigenvalue weighted by atomic mass is 9.81. The van der Waals surface area contributed by atoms with Crippen LogP contribution in [0.5, 0.6) is 5.75 Å². The number of phenols is 1. The molecule has 1 aromatic carbocycles. The van der Waals surface area contributed by atoms with Crippen LogP contribution in [0.15, 0.2) is 24.3 Å². The molecular weight excluding hydrogens is 267 g/mol. The van der Waals surface area contributed by atoms with Crippen molar-refractivity contribution in [3.8, 4) is 5.75 Å². The zero-order chi connectivity index (χ0) is 14.5. The molecule has 0 spiro atoms. The highest BCUT2D eigenvalue weighted by Gasteiger charge is 2.27. The van der Waals surface area contributed by atoms with E-state index in [1.165, 1.54) is 14.2 Å². The van der Waals surface area contributed by atoms with Crippen molar-refractivity contribution >= 4 is 7.82 Å². The molecule has 19 heavy (non-hydrogen) atoms. The smallest absolute Gasteiger partial charge is 0.474 e. The summed E-state index contributed by atoms with van der Waals surface area (Å²) in [5.41, 5.74) is 0.515. The number of aromatic hydroxyl groups is 1. The van der Waals surface area contributed by atoms with Gasteiger partial charge in [-0.05, 0) is 23.5 Å². The van der Waals surface area contributed by atoms with Gasteiger partial charge in [0.05, 0.1) is 6.61 Å². The third-order valence-electron chi connectivity index (χ3n) is 3.06. The molecule has 0 fully saturated rings. The highest BCUT2D eigenvalue weighted by Crippen LogP contribution is 2.48. The van der Waals surface area contributed by atoms with Crippen molar-refractivity contribution in [2.75, 3.05) is 20.8 Å². The van der Waals surface area contributed by atoms with Crippen LogP contribution in [-0.4, -0.2) is 25.9 Å². The average Bonchev–Trinajstić information content (AvgIpc) is 2.38. The summed E-state index contributed by atoms with van der Waals surface area (Å²) in [6, 6.07) is 7.15. The van der Waals surface area contributed by atoms with E-state index in [1.54, 1.807) is 12.1 Å². The van der Waals surface area contributed by atoms with E-state index in [2.05, 4.69) is 0 Å². The number of phosphoric acid groups is 1. The number of phosphoric ester groups is 1. The molecule has 1 N–H and O–H groups in total. The topological polar surface area (TPSA) is 65.0 Å². The van der Waals surface area contributed by atoms with Gasteiger partial charge in [-0.25, -0.2) is 4.57 Å². The maximum Gasteiger partial charge on any atom is 0.474 e. The first-order valence-corrected chi connectivity index (χ1v) is 7.45. The monoisotopic (exact) mass is 288 g/mol. The largest absolute Gasteiger partial charge is 0.508 e. The van der Waals surface area contributed by atoms with Crippen LogP contribution in [0.1, 0.15) is 25.8 Å². The fraction of sp³-hybridized carbons (Fsp3) is 0.538. The summed E-state index contributed by atoms with van der Waals surface area (Å²) in [6.07, 6.45) is 0.571. The lowest BCUT2D eigenvalue weighted by Crippen LogP contribution is -2.19. The van der Waals surface area contributed by atoms with Crippen molar-refractivity contribution in [3.05, 3.63) is 29.8 Å². The number of benzene rings is 1. The van der Waals surface area contributed by atoms with Crippen LogP contribution in [-0.2, 0) is 23.6 Å². The molecule has 0 radical (unpaired) electrons. The second kappa shape index (κ2) is 6.53. The zero-order valence-electron chi connectivity index (χ0n) is 11.8. The summed E-state index contributed by atoms with van der Waals surface area (Å²) in [4.78, 5) is 0. The van der Waals surface area contributed by atoms with Crippen LogP contribution in [0, 0.1) is 0 Å². The van der Waals surface area contributed by atoms with Gasteiger partial charge in [-0.15, -0.1) is 0 Å². The molecule has 0 bridgehead atoms. The molecule has 0 heterocycles. The maximum atomic E-state index is 11.7. The number of rotatable bonds is 7. The van der Waals surface area contributed by atoms with Gasteiger partial charge in [-0.2, -0.15) is 0 Å². The highest BCUT2D eigenvalue weighted by molar-refractivity contribution is 7.48. The van der Waals surface area contributed by atoms with Crippen molar-refractivity contribution in [2.24, 2.45) is 0 Å². The van der Waals surface area contributed by atoms with Crippen molar-refractivity contribution in [1.82, 2.24) is 0 Å². The lowest BCUT2D eigenvalue weighted by molar-refractivity contribution is 0.143. The number of para-hydroxylation sites is 1. The van der Waals surface area contributed by atoms with E-state index >= 15 is 0 Å². The summed E-state index contributed by atoms with van der Waals surface area (Å²) in [7, 11) is -0.881. The minimum atomic E-state index is -3.43. The van der Waals surface area contributed by atoms with E-state index in [9.17, 15) is 9.67 Å². The Bertz CT molecular complexity index is 450. The normalized spacial score (nSPS) is 12.6. The summed E-state index contributed by atoms with van der Waals surface area (Å²) in [5.74, 6) is 0.245. The Morgan fingerprint density at radius 1 is 1.21 bits per heavy atom. The standard InChI is InChI=1S/C13H21O5P/c1-13(2,11-7-5-6-8-12(11)14)9-10-18-19(15,16-3)17-4/h5-8,14H,9-10H2,1-4H3. The van der Waals surface area contributed by atoms with Gasteiger partial charge in [0.1, 0.15) is 5.75 Å². The SMILES string of the molecule is COP(=O)(OC)OCCC(C)(C)c1ccccc1O. The van der Waals surface area contributed by atoms with E-state index in [0.29, 0.717) is 6.42 Å². The van der Waals surface area contributed by atoms with Gasteiger partial charge in [0, 0.05) is 14.2 Å². The van der Waals surface area contributed by atoms with Crippen LogP contribution >= 0.6 is 7.82 Å². The molecule has 0 aliphatic carbocycles. The summed E-state index contributed by atoms with van der Waals surface area (Å²) in [5, 5.41) is 9.85. The van der Waals surface area contributed by atoms with Gasteiger partial charge in [0.15, 0.2) is 0 Å². The Morgan fingerprint density at radius 2 is 1.79 bits per heavy atom. The first kappa shape index (κ1) is 16.2. The van der Waals surface area contributed by atoms with E-state index in [0.717, 1.165) is 5.56 Å². The van der Waals surface area contributed by atoms with Gasteiger partial charge in [-0.3, -0.25) is 13.6 Å². The summed E-state index contributed by atoms with van der Waals surface area (Å²) < 4.78 is 26.3. The molecule has 0 saturated carbocycles. The summed E-state index contributed by atoms with van der Waals surface area (Å²) in [6.45, 7) is 4.17. The van der Waals surface area contributed by atoms with Crippen molar-refractivity contribution in [1.29, 1.82) is 0 Å². The minimum Gasteiger partial charge on any atom is -0.508 e. The average molecular weight is 288 g/mol. The minimum absolute atomic E-state index is 0.209. The molecule has 0 amide bonds. The second-order valence-corrected chi connectivity index (χ2v) is 6.68. The number of hydrogen-bond donors (Lipinski definition) is 1. The van der Waals surface area contributed by atoms with E-state index in [-0.39, 0.29) is 17.8 Å². The van der Waals surface area contributed by atoms with Gasteiger partial charge < -0.3 is 5.11 Å². The molecule has 0 saturated heterocycles. The highest BCUT2D eigenvalue weighted by atomic mass is 31.2. The fourth-order valence-corrected chi connectivity index (χ4v) is 2.45. The number of hydrogen-bond acceptors (Lipinski definition) is 5. The molecule has 6 heteroatoms. The molecule has 0 aliphatic heterocycles. The Labute approximate surface area is 114 Å². The van der Waals surface area contributed by atoms with Gasteiger partial charge >= 0.3 is 7.82 Å². The van der Waals surface area contributed by atoms with E-state index in [1.807, 2.05) is 26.0 Å². The van der Waals surface area contributed by atoms with Crippen molar-refractivity contribution in [3.63, 3.8) is 0 Å². The summed E-state index contributed by atoms with van der Waals surface area (Å²) >= 11 is 0. The Balaban J connectivity index is 2.67. The van der Waals surface area contributed by atoms with Gasteiger partial charge in [-0.1, -0.05) is 32.0 Å². The first-order valence-electron chi connectivity index (χ1n) is 5.99. The molecule has 0 atom stereocenters. The molecular formula is C13H21O5P. The van der Waals surface area contributed by atoms with Crippen LogP contribution in [0.4, 0.5) is 0 Å². The third kappa shape index (κ3) is 4.32.